The van der Waals surface area contributed by atoms with Crippen LogP contribution in [0.25, 0.3) is 0 Å². The highest BCUT2D eigenvalue weighted by Crippen LogP contribution is 2.24. The molecule has 0 bridgehead atoms. The Hall–Kier alpha value is -0.880. The van der Waals surface area contributed by atoms with E-state index < -0.39 is 0 Å². The minimum Gasteiger partial charge on any atom is -0.480 e. The third-order valence-corrected chi connectivity index (χ3v) is 3.91. The summed E-state index contributed by atoms with van der Waals surface area (Å²) in [7, 11) is 1.63. The molecule has 6 heteroatoms. The molecule has 1 aromatic rings. The summed E-state index contributed by atoms with van der Waals surface area (Å²) < 4.78 is 6.05. The molecule has 0 saturated carbocycles. The first kappa shape index (κ1) is 15.5. The Bertz CT molecular complexity index is 435. The van der Waals surface area contributed by atoms with E-state index in [2.05, 4.69) is 50.0 Å². The molecule has 1 N–H and O–H groups in total. The number of hydrogen-bond acceptors (Lipinski definition) is 5. The number of halogens is 1. The Labute approximate surface area is 129 Å². The van der Waals surface area contributed by atoms with Gasteiger partial charge in [0.1, 0.15) is 0 Å². The first-order valence-electron chi connectivity index (χ1n) is 7.15. The van der Waals surface area contributed by atoms with E-state index in [0.29, 0.717) is 17.8 Å². The Morgan fingerprint density at radius 1 is 1.55 bits per heavy atom. The molecular formula is C14H23BrN4O. The van der Waals surface area contributed by atoms with Gasteiger partial charge in [-0.1, -0.05) is 13.8 Å². The van der Waals surface area contributed by atoms with Crippen molar-refractivity contribution in [1.29, 1.82) is 0 Å². The minimum atomic E-state index is 0.534. The topological polar surface area (TPSA) is 50.3 Å². The van der Waals surface area contributed by atoms with Gasteiger partial charge in [-0.15, -0.1) is 0 Å². The van der Waals surface area contributed by atoms with Gasteiger partial charge in [-0.05, 0) is 41.2 Å². The lowest BCUT2D eigenvalue weighted by atomic mass is 10.1. The van der Waals surface area contributed by atoms with Crippen molar-refractivity contribution >= 4 is 21.9 Å². The number of aromatic nitrogens is 2. The fourth-order valence-electron chi connectivity index (χ4n) is 2.50. The van der Waals surface area contributed by atoms with E-state index in [9.17, 15) is 0 Å². The van der Waals surface area contributed by atoms with Crippen molar-refractivity contribution in [3.05, 3.63) is 10.7 Å². The van der Waals surface area contributed by atoms with Gasteiger partial charge in [0.2, 0.25) is 11.8 Å². The average molecular weight is 343 g/mol. The summed E-state index contributed by atoms with van der Waals surface area (Å²) in [6, 6.07) is 0.534. The summed E-state index contributed by atoms with van der Waals surface area (Å²) in [5.41, 5.74) is 0. The molecule has 1 aliphatic rings. The maximum absolute atomic E-state index is 5.27. The lowest BCUT2D eigenvalue weighted by Gasteiger charge is -2.27. The van der Waals surface area contributed by atoms with E-state index in [-0.39, 0.29) is 0 Å². The summed E-state index contributed by atoms with van der Waals surface area (Å²) in [4.78, 5) is 11.2. The van der Waals surface area contributed by atoms with Crippen LogP contribution in [0, 0.1) is 5.92 Å². The SMILES string of the molecule is COc1nc(N(CC(C)C)CC2CCCN2)ncc1Br. The Morgan fingerprint density at radius 2 is 2.35 bits per heavy atom. The lowest BCUT2D eigenvalue weighted by Crippen LogP contribution is -2.40. The monoisotopic (exact) mass is 342 g/mol. The van der Waals surface area contributed by atoms with E-state index in [1.165, 1.54) is 12.8 Å². The van der Waals surface area contributed by atoms with Crippen LogP contribution in [0.3, 0.4) is 0 Å². The van der Waals surface area contributed by atoms with Crippen LogP contribution in [0.15, 0.2) is 10.7 Å². The first-order chi connectivity index (χ1) is 9.60. The largest absolute Gasteiger partial charge is 0.480 e. The van der Waals surface area contributed by atoms with Gasteiger partial charge in [0.05, 0.1) is 17.8 Å². The van der Waals surface area contributed by atoms with E-state index in [4.69, 9.17) is 4.74 Å². The number of rotatable bonds is 6. The van der Waals surface area contributed by atoms with E-state index in [0.717, 1.165) is 30.1 Å². The second kappa shape index (κ2) is 7.22. The third-order valence-electron chi connectivity index (χ3n) is 3.36. The van der Waals surface area contributed by atoms with Crippen LogP contribution in [0.5, 0.6) is 5.88 Å². The number of anilines is 1. The van der Waals surface area contributed by atoms with Crippen LogP contribution in [0.2, 0.25) is 0 Å². The van der Waals surface area contributed by atoms with Crippen LogP contribution in [0.4, 0.5) is 5.95 Å². The molecule has 5 nitrogen and oxygen atoms in total. The zero-order valence-corrected chi connectivity index (χ0v) is 14.0. The van der Waals surface area contributed by atoms with Gasteiger partial charge in [0, 0.05) is 19.1 Å². The van der Waals surface area contributed by atoms with Crippen LogP contribution in [-0.4, -0.2) is 42.8 Å². The molecule has 1 unspecified atom stereocenters. The number of methoxy groups -OCH3 is 1. The maximum atomic E-state index is 5.27. The van der Waals surface area contributed by atoms with Gasteiger partial charge in [-0.3, -0.25) is 0 Å². The van der Waals surface area contributed by atoms with Crippen LogP contribution < -0.4 is 15.0 Å². The Kier molecular flexibility index (Phi) is 5.60. The van der Waals surface area contributed by atoms with Gasteiger partial charge < -0.3 is 15.0 Å². The standard InChI is InChI=1S/C14H23BrN4O/c1-10(2)8-19(9-11-5-4-6-16-11)14-17-7-12(15)13(18-14)20-3/h7,10-11,16H,4-6,8-9H2,1-3H3. The fourth-order valence-corrected chi connectivity index (χ4v) is 2.85. The molecule has 0 radical (unpaired) electrons. The van der Waals surface area contributed by atoms with E-state index >= 15 is 0 Å². The highest BCUT2D eigenvalue weighted by atomic mass is 79.9. The smallest absolute Gasteiger partial charge is 0.232 e. The molecule has 112 valence electrons. The van der Waals surface area contributed by atoms with Gasteiger partial charge in [-0.25, -0.2) is 4.98 Å². The molecule has 2 rings (SSSR count). The van der Waals surface area contributed by atoms with Crippen LogP contribution in [0.1, 0.15) is 26.7 Å². The summed E-state index contributed by atoms with van der Waals surface area (Å²) in [5.74, 6) is 1.89. The molecular weight excluding hydrogens is 320 g/mol. The summed E-state index contributed by atoms with van der Waals surface area (Å²) in [6.07, 6.45) is 4.24. The average Bonchev–Trinajstić information content (AvgIpc) is 2.91. The minimum absolute atomic E-state index is 0.534. The fraction of sp³-hybridized carbons (Fsp3) is 0.714. The number of hydrogen-bond donors (Lipinski definition) is 1. The highest BCUT2D eigenvalue weighted by Gasteiger charge is 2.21. The molecule has 0 spiro atoms. The molecule has 1 fully saturated rings. The Balaban J connectivity index is 2.15. The molecule has 0 aliphatic carbocycles. The third kappa shape index (κ3) is 4.06. The van der Waals surface area contributed by atoms with E-state index in [1.807, 2.05) is 0 Å². The highest BCUT2D eigenvalue weighted by molar-refractivity contribution is 9.10. The molecule has 20 heavy (non-hydrogen) atoms. The van der Waals surface area contributed by atoms with E-state index in [1.54, 1.807) is 13.3 Å². The lowest BCUT2D eigenvalue weighted by molar-refractivity contribution is 0.393. The molecule has 0 amide bonds. The second-order valence-electron chi connectivity index (χ2n) is 5.62. The molecule has 1 atom stereocenters. The van der Waals surface area contributed by atoms with Crippen molar-refractivity contribution in [3.8, 4) is 5.88 Å². The van der Waals surface area contributed by atoms with Crippen molar-refractivity contribution in [2.75, 3.05) is 31.6 Å². The first-order valence-corrected chi connectivity index (χ1v) is 7.94. The van der Waals surface area contributed by atoms with Crippen molar-refractivity contribution in [2.45, 2.75) is 32.7 Å². The summed E-state index contributed by atoms with van der Waals surface area (Å²) in [6.45, 7) is 7.44. The van der Waals surface area contributed by atoms with Crippen LogP contribution >= 0.6 is 15.9 Å². The molecule has 1 aromatic heterocycles. The van der Waals surface area contributed by atoms with Gasteiger partial charge in [-0.2, -0.15) is 4.98 Å². The van der Waals surface area contributed by atoms with Crippen molar-refractivity contribution in [1.82, 2.24) is 15.3 Å². The predicted octanol–water partition coefficient (Wildman–Crippen LogP) is 2.46. The molecule has 1 aliphatic heterocycles. The maximum Gasteiger partial charge on any atom is 0.232 e. The number of ether oxygens (including phenoxy) is 1. The zero-order valence-electron chi connectivity index (χ0n) is 12.4. The second-order valence-corrected chi connectivity index (χ2v) is 6.47. The summed E-state index contributed by atoms with van der Waals surface area (Å²) >= 11 is 3.40. The normalized spacial score (nSPS) is 18.6. The quantitative estimate of drug-likeness (QED) is 0.860. The zero-order chi connectivity index (χ0) is 14.5. The number of nitrogens with one attached hydrogen (secondary N) is 1. The Morgan fingerprint density at radius 3 is 2.95 bits per heavy atom. The van der Waals surface area contributed by atoms with Gasteiger partial charge in [0.25, 0.3) is 0 Å². The molecule has 1 saturated heterocycles. The van der Waals surface area contributed by atoms with Crippen molar-refractivity contribution in [2.24, 2.45) is 5.92 Å². The van der Waals surface area contributed by atoms with Crippen molar-refractivity contribution < 1.29 is 4.74 Å². The predicted molar refractivity (Wildman–Crippen MR) is 84.4 cm³/mol. The summed E-state index contributed by atoms with van der Waals surface area (Å²) in [5, 5.41) is 3.53. The van der Waals surface area contributed by atoms with Crippen molar-refractivity contribution in [3.63, 3.8) is 0 Å². The van der Waals surface area contributed by atoms with Gasteiger partial charge >= 0.3 is 0 Å². The molecule has 2 heterocycles. The van der Waals surface area contributed by atoms with Crippen LogP contribution in [-0.2, 0) is 0 Å². The van der Waals surface area contributed by atoms with Gasteiger partial charge in [0.15, 0.2) is 0 Å². The number of nitrogens with zero attached hydrogens (tertiary/aromatic N) is 3. The molecule has 0 aromatic carbocycles.